The van der Waals surface area contributed by atoms with E-state index in [9.17, 15) is 0 Å². The molecule has 7 aromatic carbocycles. The maximum absolute atomic E-state index is 2.62. The molecule has 0 saturated carbocycles. The minimum Gasteiger partial charge on any atom is -0.331 e. The highest BCUT2D eigenvalue weighted by Crippen LogP contribution is 2.67. The normalized spacial score (nSPS) is 16.6. The van der Waals surface area contributed by atoms with Crippen molar-refractivity contribution >= 4 is 83.2 Å². The van der Waals surface area contributed by atoms with E-state index in [2.05, 4.69) is 168 Å². The topological polar surface area (TPSA) is 6.48 Å². The molecule has 2 nitrogen and oxygen atoms in total. The zero-order valence-corrected chi connectivity index (χ0v) is 26.5. The Kier molecular flexibility index (Phi) is 5.84. The molecule has 2 aliphatic heterocycles. The number of fused-ring (bicyclic) bond motifs is 9. The summed E-state index contributed by atoms with van der Waals surface area (Å²) in [5, 5.41) is 6.72. The lowest BCUT2D eigenvalue weighted by molar-refractivity contribution is 0.741. The third-order valence-electron chi connectivity index (χ3n) is 9.52. The highest BCUT2D eigenvalue weighted by atomic mass is 32.2. The van der Waals surface area contributed by atoms with Gasteiger partial charge in [0.05, 0.1) is 17.0 Å². The Labute approximate surface area is 276 Å². The Hall–Kier alpha value is -5.03. The smallest absolute Gasteiger partial charge is 0.0774 e. The summed E-state index contributed by atoms with van der Waals surface area (Å²) in [5.41, 5.74) is 7.48. The lowest BCUT2D eigenvalue weighted by atomic mass is 10.0. The van der Waals surface area contributed by atoms with E-state index < -0.39 is 0 Å². The summed E-state index contributed by atoms with van der Waals surface area (Å²) in [5.74, 6) is 0. The van der Waals surface area contributed by atoms with Crippen LogP contribution in [-0.4, -0.2) is 0 Å². The standard InChI is InChI=1S/C42H28N2S2/c1-3-11-29-25-33(19-17-27(29)9-1)43(34-20-18-28-10-2-4-12-30(28)26-34)31-21-23-32(24-22-31)44-39-35-13-5-7-15-37(35)45-41(39)42-40(44)36-14-6-8-16-38(36)46-42/h1-26,39,41H. The van der Waals surface area contributed by atoms with Gasteiger partial charge in [-0.2, -0.15) is 0 Å². The van der Waals surface area contributed by atoms with Gasteiger partial charge in [-0.25, -0.2) is 0 Å². The molecule has 0 bridgehead atoms. The summed E-state index contributed by atoms with van der Waals surface area (Å²) in [6, 6.07) is 58.2. The van der Waals surface area contributed by atoms with Gasteiger partial charge in [0.2, 0.25) is 0 Å². The molecule has 0 fully saturated rings. The molecule has 2 aliphatic rings. The van der Waals surface area contributed by atoms with Gasteiger partial charge in [0.15, 0.2) is 0 Å². The number of hydrogen-bond acceptors (Lipinski definition) is 4. The molecule has 0 N–H and O–H groups in total. The molecular weight excluding hydrogens is 597 g/mol. The molecule has 0 aliphatic carbocycles. The van der Waals surface area contributed by atoms with Crippen LogP contribution in [0.4, 0.5) is 28.4 Å². The molecule has 0 amide bonds. The lowest BCUT2D eigenvalue weighted by Gasteiger charge is -2.30. The van der Waals surface area contributed by atoms with E-state index in [0.29, 0.717) is 5.25 Å². The van der Waals surface area contributed by atoms with Gasteiger partial charge in [-0.15, -0.1) is 23.1 Å². The second-order valence-electron chi connectivity index (χ2n) is 12.1. The molecule has 0 spiro atoms. The predicted molar refractivity (Wildman–Crippen MR) is 198 cm³/mol. The first-order valence-electron chi connectivity index (χ1n) is 15.7. The second kappa shape index (κ2) is 10.2. The summed E-state index contributed by atoms with van der Waals surface area (Å²) in [6.07, 6.45) is 0. The van der Waals surface area contributed by atoms with E-state index in [4.69, 9.17) is 0 Å². The monoisotopic (exact) mass is 624 g/mol. The van der Waals surface area contributed by atoms with Crippen molar-refractivity contribution in [1.29, 1.82) is 0 Å². The fraction of sp³-hybridized carbons (Fsp3) is 0.0476. The fourth-order valence-electron chi connectivity index (χ4n) is 7.43. The van der Waals surface area contributed by atoms with Crippen LogP contribution in [0.15, 0.2) is 163 Å². The van der Waals surface area contributed by atoms with Gasteiger partial charge in [0.25, 0.3) is 0 Å². The first-order chi connectivity index (χ1) is 22.8. The number of anilines is 5. The zero-order valence-electron chi connectivity index (χ0n) is 24.9. The lowest BCUT2D eigenvalue weighted by Crippen LogP contribution is -2.19. The van der Waals surface area contributed by atoms with Crippen LogP contribution < -0.4 is 9.80 Å². The van der Waals surface area contributed by atoms with Gasteiger partial charge in [0.1, 0.15) is 0 Å². The molecule has 2 atom stereocenters. The largest absolute Gasteiger partial charge is 0.331 e. The molecule has 4 heteroatoms. The second-order valence-corrected chi connectivity index (χ2v) is 14.4. The van der Waals surface area contributed by atoms with Crippen LogP contribution in [0, 0.1) is 0 Å². The maximum Gasteiger partial charge on any atom is 0.0774 e. The quantitative estimate of drug-likeness (QED) is 0.192. The molecule has 46 heavy (non-hydrogen) atoms. The van der Waals surface area contributed by atoms with Crippen molar-refractivity contribution in [3.05, 3.63) is 168 Å². The van der Waals surface area contributed by atoms with Crippen LogP contribution >= 0.6 is 23.1 Å². The first-order valence-corrected chi connectivity index (χ1v) is 17.4. The van der Waals surface area contributed by atoms with Crippen molar-refractivity contribution in [1.82, 2.24) is 0 Å². The van der Waals surface area contributed by atoms with Crippen LogP contribution in [-0.2, 0) is 0 Å². The number of thioether (sulfide) groups is 1. The molecule has 10 rings (SSSR count). The third-order valence-corrected chi connectivity index (χ3v) is 12.3. The fourth-order valence-corrected chi connectivity index (χ4v) is 10.3. The number of hydrogen-bond donors (Lipinski definition) is 0. The van der Waals surface area contributed by atoms with Crippen molar-refractivity contribution in [3.8, 4) is 0 Å². The number of thiophene rings is 1. The predicted octanol–water partition coefficient (Wildman–Crippen LogP) is 12.7. The van der Waals surface area contributed by atoms with Gasteiger partial charge >= 0.3 is 0 Å². The third kappa shape index (κ3) is 3.97. The minimum absolute atomic E-state index is 0.287. The molecule has 1 aromatic heterocycles. The van der Waals surface area contributed by atoms with Crippen molar-refractivity contribution in [2.75, 3.05) is 9.80 Å². The molecule has 2 unspecified atom stereocenters. The van der Waals surface area contributed by atoms with E-state index in [1.165, 1.54) is 58.3 Å². The Morgan fingerprint density at radius 1 is 0.522 bits per heavy atom. The van der Waals surface area contributed by atoms with Crippen LogP contribution in [0.25, 0.3) is 31.6 Å². The number of nitrogens with zero attached hydrogens (tertiary/aromatic N) is 2. The Bertz CT molecular complexity index is 2360. The van der Waals surface area contributed by atoms with Gasteiger partial charge in [0, 0.05) is 42.6 Å². The van der Waals surface area contributed by atoms with Gasteiger partial charge < -0.3 is 9.80 Å². The van der Waals surface area contributed by atoms with Crippen LogP contribution in [0.5, 0.6) is 0 Å². The van der Waals surface area contributed by atoms with Crippen molar-refractivity contribution in [3.63, 3.8) is 0 Å². The van der Waals surface area contributed by atoms with Gasteiger partial charge in [-0.3, -0.25) is 0 Å². The number of benzene rings is 7. The highest BCUT2D eigenvalue weighted by Gasteiger charge is 2.48. The molecule has 8 aromatic rings. The average Bonchev–Trinajstić information content (AvgIpc) is 3.77. The zero-order chi connectivity index (χ0) is 30.2. The maximum atomic E-state index is 2.62. The van der Waals surface area contributed by atoms with Crippen molar-refractivity contribution < 1.29 is 0 Å². The Morgan fingerprint density at radius 2 is 1.11 bits per heavy atom. The van der Waals surface area contributed by atoms with Crippen LogP contribution in [0.2, 0.25) is 0 Å². The Balaban J connectivity index is 1.12. The minimum atomic E-state index is 0.287. The molecule has 0 saturated heterocycles. The molecular formula is C42H28N2S2. The molecule has 3 heterocycles. The summed E-state index contributed by atoms with van der Waals surface area (Å²) >= 11 is 3.99. The van der Waals surface area contributed by atoms with Crippen molar-refractivity contribution in [2.24, 2.45) is 0 Å². The first kappa shape index (κ1) is 26.2. The number of rotatable bonds is 4. The highest BCUT2D eigenvalue weighted by molar-refractivity contribution is 8.00. The van der Waals surface area contributed by atoms with Crippen LogP contribution in [0.3, 0.4) is 0 Å². The van der Waals surface area contributed by atoms with E-state index in [1.54, 1.807) is 0 Å². The van der Waals surface area contributed by atoms with E-state index >= 15 is 0 Å². The Morgan fingerprint density at radius 3 is 1.83 bits per heavy atom. The van der Waals surface area contributed by atoms with Crippen LogP contribution in [0.1, 0.15) is 21.7 Å². The summed E-state index contributed by atoms with van der Waals surface area (Å²) in [4.78, 5) is 7.91. The molecule has 0 radical (unpaired) electrons. The van der Waals surface area contributed by atoms with E-state index in [0.717, 1.165) is 17.1 Å². The summed E-state index contributed by atoms with van der Waals surface area (Å²) < 4.78 is 1.36. The summed E-state index contributed by atoms with van der Waals surface area (Å²) in [6.45, 7) is 0. The van der Waals surface area contributed by atoms with Crippen molar-refractivity contribution in [2.45, 2.75) is 16.2 Å². The SMILES string of the molecule is c1ccc2c(c1)SC1c3sc4ccccc4c3N(c3ccc(N(c4ccc5ccccc5c4)c4ccc5ccccc5c4)cc3)C21. The van der Waals surface area contributed by atoms with E-state index in [-0.39, 0.29) is 6.04 Å². The molecule has 218 valence electrons. The van der Waals surface area contributed by atoms with Gasteiger partial charge in [-0.05, 0) is 87.8 Å². The van der Waals surface area contributed by atoms with Gasteiger partial charge in [-0.1, -0.05) is 97.1 Å². The summed E-state index contributed by atoms with van der Waals surface area (Å²) in [7, 11) is 0. The van der Waals surface area contributed by atoms with E-state index in [1.807, 2.05) is 23.1 Å². The average molecular weight is 625 g/mol.